The zero-order valence-corrected chi connectivity index (χ0v) is 13.1. The number of ketones is 1. The fraction of sp³-hybridized carbons (Fsp3) is 0.300. The molecule has 5 rings (SSSR count). The van der Waals surface area contributed by atoms with E-state index in [0.717, 1.165) is 24.8 Å². The van der Waals surface area contributed by atoms with Gasteiger partial charge < -0.3 is 9.84 Å². The number of carbonyl (C=O) groups excluding carboxylic acids is 2. The van der Waals surface area contributed by atoms with Gasteiger partial charge in [-0.2, -0.15) is 0 Å². The van der Waals surface area contributed by atoms with Crippen LogP contribution >= 0.6 is 0 Å². The van der Waals surface area contributed by atoms with Crippen LogP contribution in [0.25, 0.3) is 16.8 Å². The molecule has 1 heterocycles. The summed E-state index contributed by atoms with van der Waals surface area (Å²) >= 11 is 0. The van der Waals surface area contributed by atoms with Crippen LogP contribution in [0.5, 0.6) is 5.75 Å². The average Bonchev–Trinajstić information content (AvgIpc) is 2.86. The van der Waals surface area contributed by atoms with Crippen LogP contribution in [0.3, 0.4) is 0 Å². The molecule has 0 unspecified atom stereocenters. The monoisotopic (exact) mass is 320 g/mol. The maximum absolute atomic E-state index is 12.7. The van der Waals surface area contributed by atoms with Gasteiger partial charge in [0.2, 0.25) is 0 Å². The molecule has 1 aliphatic heterocycles. The molecule has 120 valence electrons. The van der Waals surface area contributed by atoms with Crippen molar-refractivity contribution in [3.8, 4) is 5.75 Å². The third kappa shape index (κ3) is 1.53. The highest BCUT2D eigenvalue weighted by atomic mass is 16.6. The van der Waals surface area contributed by atoms with Crippen LogP contribution in [0.15, 0.2) is 24.3 Å². The van der Waals surface area contributed by atoms with Crippen molar-refractivity contribution in [1.29, 1.82) is 0 Å². The molecule has 0 saturated heterocycles. The van der Waals surface area contributed by atoms with Gasteiger partial charge in [0, 0.05) is 16.3 Å². The lowest BCUT2D eigenvalue weighted by molar-refractivity contribution is -0.0288. The lowest BCUT2D eigenvalue weighted by Gasteiger charge is -2.33. The zero-order valence-electron chi connectivity index (χ0n) is 13.1. The Balaban J connectivity index is 1.95. The summed E-state index contributed by atoms with van der Waals surface area (Å²) in [6, 6.07) is 5.56. The summed E-state index contributed by atoms with van der Waals surface area (Å²) in [5.41, 5.74) is 1.29. The quantitative estimate of drug-likeness (QED) is 0.743. The number of fused-ring (bicyclic) bond motifs is 3. The van der Waals surface area contributed by atoms with Gasteiger partial charge in [-0.05, 0) is 37.3 Å². The van der Waals surface area contributed by atoms with Gasteiger partial charge in [0.25, 0.3) is 0 Å². The van der Waals surface area contributed by atoms with Gasteiger partial charge in [0.05, 0.1) is 11.1 Å². The van der Waals surface area contributed by atoms with E-state index in [4.69, 9.17) is 4.74 Å². The summed E-state index contributed by atoms with van der Waals surface area (Å²) in [5.74, 6) is -0.571. The molecule has 4 heteroatoms. The van der Waals surface area contributed by atoms with Crippen molar-refractivity contribution in [2.24, 2.45) is 0 Å². The van der Waals surface area contributed by atoms with Gasteiger partial charge in [-0.1, -0.05) is 30.7 Å². The predicted octanol–water partition coefficient (Wildman–Crippen LogP) is 4.08. The molecule has 1 spiro atoms. The molecule has 24 heavy (non-hydrogen) atoms. The minimum absolute atomic E-state index is 0.0986. The van der Waals surface area contributed by atoms with Crippen LogP contribution in [-0.4, -0.2) is 16.9 Å². The highest BCUT2D eigenvalue weighted by Gasteiger charge is 2.50. The van der Waals surface area contributed by atoms with Crippen molar-refractivity contribution in [2.75, 3.05) is 0 Å². The van der Waals surface area contributed by atoms with E-state index in [1.165, 1.54) is 6.08 Å². The molecule has 0 amide bonds. The van der Waals surface area contributed by atoms with Crippen molar-refractivity contribution in [1.82, 2.24) is 0 Å². The summed E-state index contributed by atoms with van der Waals surface area (Å²) in [4.78, 5) is 25.3. The summed E-state index contributed by atoms with van der Waals surface area (Å²) in [6.45, 7) is 0. The number of rotatable bonds is 0. The van der Waals surface area contributed by atoms with Gasteiger partial charge in [-0.15, -0.1) is 0 Å². The number of hydrogen-bond donors (Lipinski definition) is 1. The number of allylic oxidation sites excluding steroid dienone is 1. The van der Waals surface area contributed by atoms with Crippen molar-refractivity contribution in [2.45, 2.75) is 37.7 Å². The predicted molar refractivity (Wildman–Crippen MR) is 89.2 cm³/mol. The Hall–Kier alpha value is -2.62. The Morgan fingerprint density at radius 3 is 2.58 bits per heavy atom. The fourth-order valence-corrected chi connectivity index (χ4v) is 4.59. The number of ether oxygens (including phenoxy) is 1. The minimum Gasteiger partial charge on any atom is -0.507 e. The highest BCUT2D eigenvalue weighted by molar-refractivity contribution is 6.26. The molecule has 2 aliphatic carbocycles. The first-order chi connectivity index (χ1) is 11.6. The zero-order chi connectivity index (χ0) is 16.5. The van der Waals surface area contributed by atoms with Crippen LogP contribution in [-0.2, 0) is 10.3 Å². The first kappa shape index (κ1) is 13.8. The van der Waals surface area contributed by atoms with E-state index in [2.05, 4.69) is 0 Å². The average molecular weight is 320 g/mol. The van der Waals surface area contributed by atoms with Crippen molar-refractivity contribution in [3.05, 3.63) is 46.5 Å². The molecule has 0 bridgehead atoms. The maximum Gasteiger partial charge on any atom is 0.340 e. The van der Waals surface area contributed by atoms with Gasteiger partial charge in [0.1, 0.15) is 11.4 Å². The SMILES string of the molecule is O=C1OC2(CCCCC2)c2c1c1c3c(cccc3c2O)C=CC1=O. The normalized spacial score (nSPS) is 20.5. The van der Waals surface area contributed by atoms with Crippen LogP contribution in [0.4, 0.5) is 0 Å². The van der Waals surface area contributed by atoms with Gasteiger partial charge in [0.15, 0.2) is 5.78 Å². The summed E-state index contributed by atoms with van der Waals surface area (Å²) < 4.78 is 5.79. The van der Waals surface area contributed by atoms with E-state index in [1.807, 2.05) is 18.2 Å². The Morgan fingerprint density at radius 1 is 1.00 bits per heavy atom. The van der Waals surface area contributed by atoms with Gasteiger partial charge in [-0.25, -0.2) is 4.79 Å². The number of phenolic OH excluding ortho intramolecular Hbond substituents is 1. The lowest BCUT2D eigenvalue weighted by Crippen LogP contribution is -2.29. The number of benzene rings is 2. The van der Waals surface area contributed by atoms with Crippen molar-refractivity contribution >= 4 is 28.6 Å². The molecule has 0 radical (unpaired) electrons. The third-order valence-electron chi connectivity index (χ3n) is 5.61. The second kappa shape index (κ2) is 4.47. The molecular weight excluding hydrogens is 304 g/mol. The first-order valence-electron chi connectivity index (χ1n) is 8.40. The lowest BCUT2D eigenvalue weighted by atomic mass is 9.75. The topological polar surface area (TPSA) is 63.6 Å². The molecule has 2 aromatic rings. The minimum atomic E-state index is -0.767. The van der Waals surface area contributed by atoms with Crippen molar-refractivity contribution in [3.63, 3.8) is 0 Å². The van der Waals surface area contributed by atoms with E-state index in [9.17, 15) is 14.7 Å². The van der Waals surface area contributed by atoms with Gasteiger partial charge >= 0.3 is 5.97 Å². The number of phenols is 1. The maximum atomic E-state index is 12.7. The van der Waals surface area contributed by atoms with Crippen LogP contribution in [0.1, 0.15) is 63.9 Å². The second-order valence-electron chi connectivity index (χ2n) is 6.89. The molecule has 0 atom stereocenters. The van der Waals surface area contributed by atoms with E-state index in [1.54, 1.807) is 6.08 Å². The number of hydrogen-bond acceptors (Lipinski definition) is 4. The third-order valence-corrected chi connectivity index (χ3v) is 5.61. The molecule has 4 nitrogen and oxygen atoms in total. The van der Waals surface area contributed by atoms with Crippen LogP contribution in [0.2, 0.25) is 0 Å². The van der Waals surface area contributed by atoms with Crippen molar-refractivity contribution < 1.29 is 19.4 Å². The largest absolute Gasteiger partial charge is 0.507 e. The standard InChI is InChI=1S/C20H16O4/c21-13-8-7-11-5-4-6-12-14(11)15(13)16-17(18(12)22)20(24-19(16)23)9-2-1-3-10-20/h4-8,22H,1-3,9-10H2. The Kier molecular flexibility index (Phi) is 2.57. The summed E-state index contributed by atoms with van der Waals surface area (Å²) in [6.07, 6.45) is 7.64. The highest BCUT2D eigenvalue weighted by Crippen LogP contribution is 2.54. The Labute approximate surface area is 138 Å². The molecule has 1 fully saturated rings. The number of esters is 1. The summed E-state index contributed by atoms with van der Waals surface area (Å²) in [7, 11) is 0. The number of aromatic hydroxyl groups is 1. The van der Waals surface area contributed by atoms with E-state index >= 15 is 0 Å². The molecular formula is C20H16O4. The van der Waals surface area contributed by atoms with E-state index in [0.29, 0.717) is 34.7 Å². The van der Waals surface area contributed by atoms with Crippen LogP contribution < -0.4 is 0 Å². The van der Waals surface area contributed by atoms with E-state index in [-0.39, 0.29) is 17.1 Å². The van der Waals surface area contributed by atoms with Crippen LogP contribution in [0, 0.1) is 0 Å². The molecule has 1 N–H and O–H groups in total. The Bertz CT molecular complexity index is 961. The second-order valence-corrected chi connectivity index (χ2v) is 6.89. The molecule has 2 aromatic carbocycles. The molecule has 1 saturated carbocycles. The first-order valence-corrected chi connectivity index (χ1v) is 8.40. The smallest absolute Gasteiger partial charge is 0.340 e. The van der Waals surface area contributed by atoms with E-state index < -0.39 is 11.6 Å². The fourth-order valence-electron chi connectivity index (χ4n) is 4.59. The summed E-state index contributed by atoms with van der Waals surface area (Å²) in [5, 5.41) is 12.3. The number of carbonyl (C=O) groups is 2. The Morgan fingerprint density at radius 2 is 1.79 bits per heavy atom. The van der Waals surface area contributed by atoms with Gasteiger partial charge in [-0.3, -0.25) is 4.79 Å². The molecule has 3 aliphatic rings. The molecule has 0 aromatic heterocycles.